The Labute approximate surface area is 175 Å². The molecule has 2 heterocycles. The number of nitrogens with zero attached hydrogens (tertiary/aromatic N) is 2. The van der Waals surface area contributed by atoms with Crippen molar-refractivity contribution in [1.82, 2.24) is 8.97 Å². The summed E-state index contributed by atoms with van der Waals surface area (Å²) in [5.74, 6) is -2.00. The minimum absolute atomic E-state index is 0.0430. The number of ketones is 1. The maximum atomic E-state index is 13.4. The molecule has 30 heavy (non-hydrogen) atoms. The van der Waals surface area contributed by atoms with E-state index in [0.29, 0.717) is 5.56 Å². The number of fused-ring (bicyclic) bond motifs is 1. The highest BCUT2D eigenvalue weighted by atomic mass is 35.5. The Morgan fingerprint density at radius 1 is 1.20 bits per heavy atom. The molecular weight excluding hydrogens is 415 g/mol. The van der Waals surface area contributed by atoms with E-state index in [9.17, 15) is 29.0 Å². The molecule has 7 nitrogen and oxygen atoms in total. The Morgan fingerprint density at radius 3 is 2.43 bits per heavy atom. The van der Waals surface area contributed by atoms with Crippen LogP contribution in [0.2, 0.25) is 5.02 Å². The molecular formula is C21H20ClFN2O5. The number of hydrogen-bond donors (Lipinski definition) is 2. The zero-order chi connectivity index (χ0) is 22.4. The van der Waals surface area contributed by atoms with Crippen LogP contribution in [0.25, 0.3) is 5.52 Å². The first-order chi connectivity index (χ1) is 14.0. The Bertz CT molecular complexity index is 1290. The van der Waals surface area contributed by atoms with Crippen molar-refractivity contribution in [1.29, 1.82) is 0 Å². The lowest BCUT2D eigenvalue weighted by Gasteiger charge is -2.18. The zero-order valence-electron chi connectivity index (χ0n) is 16.6. The molecule has 9 heteroatoms. The molecule has 0 aliphatic carbocycles. The van der Waals surface area contributed by atoms with Gasteiger partial charge in [-0.1, -0.05) is 38.4 Å². The van der Waals surface area contributed by atoms with Crippen LogP contribution in [0.5, 0.6) is 5.75 Å². The third-order valence-corrected chi connectivity index (χ3v) is 4.98. The van der Waals surface area contributed by atoms with E-state index in [1.165, 1.54) is 18.3 Å². The molecule has 2 aromatic heterocycles. The molecule has 3 rings (SSSR count). The van der Waals surface area contributed by atoms with Gasteiger partial charge in [-0.2, -0.15) is 0 Å². The number of benzene rings is 1. The van der Waals surface area contributed by atoms with Gasteiger partial charge in [0.1, 0.15) is 5.82 Å². The van der Waals surface area contributed by atoms with Crippen molar-refractivity contribution in [3.05, 3.63) is 78.8 Å². The fourth-order valence-electron chi connectivity index (χ4n) is 3.10. The molecule has 0 radical (unpaired) electrons. The van der Waals surface area contributed by atoms with Gasteiger partial charge in [-0.15, -0.1) is 0 Å². The molecule has 0 bridgehead atoms. The molecule has 158 valence electrons. The van der Waals surface area contributed by atoms with Crippen LogP contribution in [-0.2, 0) is 13.2 Å². The van der Waals surface area contributed by atoms with Crippen LogP contribution in [0, 0.1) is 11.2 Å². The van der Waals surface area contributed by atoms with Gasteiger partial charge in [0.05, 0.1) is 29.4 Å². The van der Waals surface area contributed by atoms with Crippen LogP contribution in [-0.4, -0.2) is 25.0 Å². The summed E-state index contributed by atoms with van der Waals surface area (Å²) in [5.41, 5.74) is -2.57. The fraction of sp³-hybridized carbons (Fsp3) is 0.286. The summed E-state index contributed by atoms with van der Waals surface area (Å²) in [6.07, 6.45) is 2.50. The van der Waals surface area contributed by atoms with E-state index < -0.39 is 40.4 Å². The van der Waals surface area contributed by atoms with Crippen molar-refractivity contribution in [2.24, 2.45) is 5.41 Å². The number of aromatic hydroxyl groups is 1. The molecule has 1 aromatic carbocycles. The van der Waals surface area contributed by atoms with E-state index in [4.69, 9.17) is 11.6 Å². The second-order valence-corrected chi connectivity index (χ2v) is 8.39. The van der Waals surface area contributed by atoms with Crippen LogP contribution >= 0.6 is 11.6 Å². The lowest BCUT2D eigenvalue weighted by molar-refractivity contribution is 0.0856. The van der Waals surface area contributed by atoms with E-state index >= 15 is 0 Å². The number of hydrogen-bond acceptors (Lipinski definition) is 5. The summed E-state index contributed by atoms with van der Waals surface area (Å²) in [4.78, 5) is 38.2. The number of pyridine rings is 1. The minimum atomic E-state index is -0.960. The van der Waals surface area contributed by atoms with E-state index in [1.54, 1.807) is 20.8 Å². The number of carbonyl (C=O) groups excluding carboxylic acids is 1. The highest BCUT2D eigenvalue weighted by Gasteiger charge is 2.28. The average molecular weight is 435 g/mol. The minimum Gasteiger partial charge on any atom is -0.503 e. The van der Waals surface area contributed by atoms with Gasteiger partial charge in [0, 0.05) is 17.8 Å². The first-order valence-electron chi connectivity index (χ1n) is 9.06. The van der Waals surface area contributed by atoms with Crippen LogP contribution in [0.1, 0.15) is 42.4 Å². The predicted molar refractivity (Wildman–Crippen MR) is 110 cm³/mol. The number of carbonyl (C=O) groups is 1. The lowest BCUT2D eigenvalue weighted by Crippen LogP contribution is -2.31. The Kier molecular flexibility index (Phi) is 5.58. The normalized spacial score (nSPS) is 11.8. The second-order valence-electron chi connectivity index (χ2n) is 7.98. The van der Waals surface area contributed by atoms with Crippen LogP contribution < -0.4 is 11.0 Å². The molecule has 0 spiro atoms. The van der Waals surface area contributed by atoms with Crippen LogP contribution in [0.3, 0.4) is 0 Å². The highest BCUT2D eigenvalue weighted by Crippen LogP contribution is 2.22. The molecule has 0 aliphatic rings. The summed E-state index contributed by atoms with van der Waals surface area (Å²) >= 11 is 5.78. The molecule has 0 aliphatic heterocycles. The van der Waals surface area contributed by atoms with E-state index in [0.717, 1.165) is 21.2 Å². The molecule has 2 N–H and O–H groups in total. The molecule has 0 atom stereocenters. The van der Waals surface area contributed by atoms with Crippen molar-refractivity contribution in [2.45, 2.75) is 33.9 Å². The number of aromatic nitrogens is 2. The maximum Gasteiger partial charge on any atom is 0.279 e. The second kappa shape index (κ2) is 7.70. The molecule has 0 amide bonds. The first kappa shape index (κ1) is 21.7. The number of rotatable bonds is 4. The van der Waals surface area contributed by atoms with Crippen molar-refractivity contribution in [3.63, 3.8) is 0 Å². The third kappa shape index (κ3) is 3.76. The SMILES string of the molecule is CC(C)(C)C(=O)c1cn2c(CO)cn(Cc3ccc(F)c(Cl)c3)c(=O)c2c(O)c1=O. The summed E-state index contributed by atoms with van der Waals surface area (Å²) in [7, 11) is 0. The van der Waals surface area contributed by atoms with Crippen LogP contribution in [0.15, 0.2) is 40.2 Å². The molecule has 0 unspecified atom stereocenters. The van der Waals surface area contributed by atoms with Crippen LogP contribution in [0.4, 0.5) is 4.39 Å². The molecule has 0 fully saturated rings. The van der Waals surface area contributed by atoms with Gasteiger partial charge in [0.15, 0.2) is 17.0 Å². The van der Waals surface area contributed by atoms with Gasteiger partial charge in [-0.05, 0) is 17.7 Å². The van der Waals surface area contributed by atoms with E-state index in [-0.39, 0.29) is 28.3 Å². The largest absolute Gasteiger partial charge is 0.503 e. The Hall–Kier alpha value is -2.97. The van der Waals surface area contributed by atoms with Gasteiger partial charge in [0.2, 0.25) is 5.43 Å². The van der Waals surface area contributed by atoms with Gasteiger partial charge >= 0.3 is 0 Å². The number of aliphatic hydroxyl groups is 1. The average Bonchev–Trinajstić information content (AvgIpc) is 2.67. The molecule has 3 aromatic rings. The van der Waals surface area contributed by atoms with Crippen molar-refractivity contribution in [2.75, 3.05) is 0 Å². The predicted octanol–water partition coefficient (Wildman–Crippen LogP) is 2.73. The third-order valence-electron chi connectivity index (χ3n) is 4.69. The molecule has 0 saturated carbocycles. The summed E-state index contributed by atoms with van der Waals surface area (Å²) in [6, 6.07) is 3.94. The van der Waals surface area contributed by atoms with Gasteiger partial charge in [0.25, 0.3) is 5.56 Å². The number of Topliss-reactive ketones (excluding diaryl/α,β-unsaturated/α-hetero) is 1. The fourth-order valence-corrected chi connectivity index (χ4v) is 3.31. The zero-order valence-corrected chi connectivity index (χ0v) is 17.3. The topological polar surface area (TPSA) is 101 Å². The van der Waals surface area contributed by atoms with Crippen molar-refractivity contribution < 1.29 is 19.4 Å². The lowest BCUT2D eigenvalue weighted by atomic mass is 9.87. The number of aliphatic hydroxyl groups excluding tert-OH is 1. The first-order valence-corrected chi connectivity index (χ1v) is 9.43. The van der Waals surface area contributed by atoms with E-state index in [2.05, 4.69) is 0 Å². The quantitative estimate of drug-likeness (QED) is 0.615. The maximum absolute atomic E-state index is 13.4. The monoisotopic (exact) mass is 434 g/mol. The highest BCUT2D eigenvalue weighted by molar-refractivity contribution is 6.30. The van der Waals surface area contributed by atoms with Gasteiger partial charge < -0.3 is 19.2 Å². The summed E-state index contributed by atoms with van der Waals surface area (Å²) in [6.45, 7) is 4.30. The summed E-state index contributed by atoms with van der Waals surface area (Å²) < 4.78 is 15.7. The molecule has 0 saturated heterocycles. The standard InChI is InChI=1S/C21H20ClFN2O5/c1-21(2,3)19(29)13-9-25-12(10-26)8-24(20(30)16(25)18(28)17(13)27)7-11-4-5-15(23)14(22)6-11/h4-6,8-9,26,28H,7,10H2,1-3H3. The van der Waals surface area contributed by atoms with Crippen molar-refractivity contribution in [3.8, 4) is 5.75 Å². The van der Waals surface area contributed by atoms with Gasteiger partial charge in [-0.25, -0.2) is 4.39 Å². The van der Waals surface area contributed by atoms with E-state index in [1.807, 2.05) is 0 Å². The Morgan fingerprint density at radius 2 is 1.87 bits per heavy atom. The smallest absolute Gasteiger partial charge is 0.279 e. The summed E-state index contributed by atoms with van der Waals surface area (Å²) in [5, 5.41) is 20.2. The van der Waals surface area contributed by atoms with Crippen molar-refractivity contribution >= 4 is 22.9 Å². The van der Waals surface area contributed by atoms with Gasteiger partial charge in [-0.3, -0.25) is 14.4 Å². The Balaban J connectivity index is 2.27. The number of halogens is 2.